The monoisotopic (exact) mass is 415 g/mol. The van der Waals surface area contributed by atoms with Crippen molar-refractivity contribution < 1.29 is 9.47 Å². The van der Waals surface area contributed by atoms with Gasteiger partial charge >= 0.3 is 0 Å². The van der Waals surface area contributed by atoms with Crippen molar-refractivity contribution in [2.24, 2.45) is 0 Å². The van der Waals surface area contributed by atoms with E-state index in [9.17, 15) is 0 Å². The van der Waals surface area contributed by atoms with E-state index in [4.69, 9.17) is 44.3 Å². The Labute approximate surface area is 170 Å². The zero-order chi connectivity index (χ0) is 19.3. The molecule has 3 nitrogen and oxygen atoms in total. The molecule has 0 amide bonds. The number of halogens is 3. The van der Waals surface area contributed by atoms with Crippen LogP contribution >= 0.6 is 34.8 Å². The van der Waals surface area contributed by atoms with E-state index >= 15 is 0 Å². The van der Waals surface area contributed by atoms with Gasteiger partial charge in [-0.2, -0.15) is 0 Å². The van der Waals surface area contributed by atoms with Gasteiger partial charge in [-0.1, -0.05) is 40.9 Å². The Morgan fingerprint density at radius 1 is 0.923 bits per heavy atom. The van der Waals surface area contributed by atoms with Gasteiger partial charge in [0.25, 0.3) is 0 Å². The Morgan fingerprint density at radius 3 is 2.12 bits per heavy atom. The largest absolute Gasteiger partial charge is 0.490 e. The molecule has 26 heavy (non-hydrogen) atoms. The molecule has 0 aliphatic carbocycles. The molecule has 0 saturated carbocycles. The molecule has 2 aromatic rings. The fourth-order valence-corrected chi connectivity index (χ4v) is 3.00. The van der Waals surface area contributed by atoms with Crippen LogP contribution in [0.25, 0.3) is 0 Å². The molecule has 0 saturated heterocycles. The number of hydrogen-bond donors (Lipinski definition) is 1. The predicted molar refractivity (Wildman–Crippen MR) is 110 cm³/mol. The van der Waals surface area contributed by atoms with Crippen LogP contribution in [0, 0.1) is 0 Å². The van der Waals surface area contributed by atoms with E-state index in [2.05, 4.69) is 26.1 Å². The van der Waals surface area contributed by atoms with Crippen molar-refractivity contribution in [2.75, 3.05) is 6.61 Å². The van der Waals surface area contributed by atoms with E-state index in [0.717, 1.165) is 11.1 Å². The summed E-state index contributed by atoms with van der Waals surface area (Å²) in [5.41, 5.74) is 1.67. The van der Waals surface area contributed by atoms with Crippen molar-refractivity contribution in [1.29, 1.82) is 0 Å². The fourth-order valence-electron chi connectivity index (χ4n) is 2.27. The van der Waals surface area contributed by atoms with Crippen LogP contribution in [0.2, 0.25) is 15.1 Å². The predicted octanol–water partition coefficient (Wildman–Crippen LogP) is 6.51. The third-order valence-corrected chi connectivity index (χ3v) is 4.72. The molecule has 0 radical (unpaired) electrons. The second-order valence-corrected chi connectivity index (χ2v) is 8.14. The van der Waals surface area contributed by atoms with E-state index in [0.29, 0.717) is 39.7 Å². The fraction of sp³-hybridized carbons (Fsp3) is 0.400. The topological polar surface area (TPSA) is 30.5 Å². The molecule has 0 spiro atoms. The van der Waals surface area contributed by atoms with Gasteiger partial charge in [0.1, 0.15) is 6.61 Å². The van der Waals surface area contributed by atoms with Crippen LogP contribution in [-0.4, -0.2) is 12.1 Å². The lowest BCUT2D eigenvalue weighted by Gasteiger charge is -2.22. The standard InChI is InChI=1S/C20H24Cl3NO2/c1-5-25-18-9-13(11-24-20(2,3)4)17(23)10-19(18)26-12-14-15(21)7-6-8-16(14)22/h6-10,24H,5,11-12H2,1-4H3. The molecule has 6 heteroatoms. The van der Waals surface area contributed by atoms with Crippen molar-refractivity contribution in [3.8, 4) is 11.5 Å². The molecule has 0 aliphatic rings. The van der Waals surface area contributed by atoms with Crippen molar-refractivity contribution in [3.05, 3.63) is 56.5 Å². The SMILES string of the molecule is CCOc1cc(CNC(C)(C)C)c(Cl)cc1OCc1c(Cl)cccc1Cl. The minimum Gasteiger partial charge on any atom is -0.490 e. The van der Waals surface area contributed by atoms with Crippen LogP contribution in [-0.2, 0) is 13.2 Å². The quantitative estimate of drug-likeness (QED) is 0.558. The van der Waals surface area contributed by atoms with Gasteiger partial charge in [-0.25, -0.2) is 0 Å². The van der Waals surface area contributed by atoms with Gasteiger partial charge in [-0.3, -0.25) is 0 Å². The Morgan fingerprint density at radius 2 is 1.54 bits per heavy atom. The van der Waals surface area contributed by atoms with Crippen LogP contribution in [0.15, 0.2) is 30.3 Å². The lowest BCUT2D eigenvalue weighted by atomic mass is 10.1. The van der Waals surface area contributed by atoms with Crippen LogP contribution in [0.3, 0.4) is 0 Å². The van der Waals surface area contributed by atoms with Gasteiger partial charge < -0.3 is 14.8 Å². The molecular weight excluding hydrogens is 393 g/mol. The van der Waals surface area contributed by atoms with Gasteiger partial charge in [0, 0.05) is 38.8 Å². The lowest BCUT2D eigenvalue weighted by molar-refractivity contribution is 0.269. The van der Waals surface area contributed by atoms with E-state index in [1.807, 2.05) is 13.0 Å². The molecule has 0 atom stereocenters. The van der Waals surface area contributed by atoms with Crippen molar-refractivity contribution in [3.63, 3.8) is 0 Å². The molecule has 2 rings (SSSR count). The number of ether oxygens (including phenoxy) is 2. The Hall–Kier alpha value is -1.13. The number of benzene rings is 2. The zero-order valence-corrected chi connectivity index (χ0v) is 17.7. The number of rotatable bonds is 7. The summed E-state index contributed by atoms with van der Waals surface area (Å²) >= 11 is 18.9. The van der Waals surface area contributed by atoms with E-state index in [1.54, 1.807) is 24.3 Å². The Kier molecular flexibility index (Phi) is 7.48. The van der Waals surface area contributed by atoms with Gasteiger partial charge in [0.15, 0.2) is 11.5 Å². The maximum Gasteiger partial charge on any atom is 0.163 e. The van der Waals surface area contributed by atoms with Crippen LogP contribution < -0.4 is 14.8 Å². The normalized spacial score (nSPS) is 11.5. The van der Waals surface area contributed by atoms with Gasteiger partial charge in [0.05, 0.1) is 6.61 Å². The second-order valence-electron chi connectivity index (χ2n) is 6.92. The van der Waals surface area contributed by atoms with Gasteiger partial charge in [-0.05, 0) is 51.5 Å². The third kappa shape index (κ3) is 5.95. The van der Waals surface area contributed by atoms with Gasteiger partial charge in [-0.15, -0.1) is 0 Å². The first-order chi connectivity index (χ1) is 12.2. The molecule has 0 aromatic heterocycles. The van der Waals surface area contributed by atoms with Crippen molar-refractivity contribution in [1.82, 2.24) is 5.32 Å². The average molecular weight is 417 g/mol. The highest BCUT2D eigenvalue weighted by Gasteiger charge is 2.15. The molecule has 0 bridgehead atoms. The highest BCUT2D eigenvalue weighted by Crippen LogP contribution is 2.35. The van der Waals surface area contributed by atoms with E-state index in [-0.39, 0.29) is 12.1 Å². The summed E-state index contributed by atoms with van der Waals surface area (Å²) in [7, 11) is 0. The van der Waals surface area contributed by atoms with Gasteiger partial charge in [0.2, 0.25) is 0 Å². The summed E-state index contributed by atoms with van der Waals surface area (Å²) in [6.45, 7) is 9.64. The highest BCUT2D eigenvalue weighted by molar-refractivity contribution is 6.36. The van der Waals surface area contributed by atoms with E-state index in [1.165, 1.54) is 0 Å². The minimum absolute atomic E-state index is 0.00884. The number of nitrogens with one attached hydrogen (secondary N) is 1. The Bertz CT molecular complexity index is 737. The maximum absolute atomic E-state index is 6.45. The number of hydrogen-bond acceptors (Lipinski definition) is 3. The lowest BCUT2D eigenvalue weighted by Crippen LogP contribution is -2.35. The van der Waals surface area contributed by atoms with E-state index < -0.39 is 0 Å². The molecule has 0 unspecified atom stereocenters. The molecular formula is C20H24Cl3NO2. The van der Waals surface area contributed by atoms with Crippen LogP contribution in [0.1, 0.15) is 38.8 Å². The summed E-state index contributed by atoms with van der Waals surface area (Å²) in [5, 5.41) is 5.17. The zero-order valence-electron chi connectivity index (χ0n) is 15.5. The molecule has 1 N–H and O–H groups in total. The second kappa shape index (κ2) is 9.18. The first kappa shape index (κ1) is 21.2. The van der Waals surface area contributed by atoms with Crippen molar-refractivity contribution in [2.45, 2.75) is 46.4 Å². The third-order valence-electron chi connectivity index (χ3n) is 3.66. The summed E-state index contributed by atoms with van der Waals surface area (Å²) in [6, 6.07) is 9.05. The summed E-state index contributed by atoms with van der Waals surface area (Å²) in [6.07, 6.45) is 0. The summed E-state index contributed by atoms with van der Waals surface area (Å²) in [4.78, 5) is 0. The smallest absolute Gasteiger partial charge is 0.163 e. The van der Waals surface area contributed by atoms with Crippen molar-refractivity contribution >= 4 is 34.8 Å². The average Bonchev–Trinajstić information content (AvgIpc) is 2.54. The first-order valence-electron chi connectivity index (χ1n) is 8.47. The molecule has 0 fully saturated rings. The highest BCUT2D eigenvalue weighted by atomic mass is 35.5. The molecule has 142 valence electrons. The maximum atomic E-state index is 6.45. The molecule has 2 aromatic carbocycles. The summed E-state index contributed by atoms with van der Waals surface area (Å²) in [5.74, 6) is 1.21. The first-order valence-corrected chi connectivity index (χ1v) is 9.60. The Balaban J connectivity index is 2.23. The molecule has 0 aliphatic heterocycles. The minimum atomic E-state index is -0.00884. The molecule has 0 heterocycles. The summed E-state index contributed by atoms with van der Waals surface area (Å²) < 4.78 is 11.7. The van der Waals surface area contributed by atoms with Crippen LogP contribution in [0.5, 0.6) is 11.5 Å². The van der Waals surface area contributed by atoms with Crippen LogP contribution in [0.4, 0.5) is 0 Å².